The molecule has 1 unspecified atom stereocenters. The van der Waals surface area contributed by atoms with Crippen LogP contribution in [0.1, 0.15) is 84.0 Å². The van der Waals surface area contributed by atoms with Gasteiger partial charge in [0.25, 0.3) is 5.69 Å². The first-order valence-corrected chi connectivity index (χ1v) is 13.9. The van der Waals surface area contributed by atoms with Gasteiger partial charge in [0.15, 0.2) is 5.11 Å². The Hall–Kier alpha value is -1.55. The first-order valence-electron chi connectivity index (χ1n) is 12.3. The zero-order valence-corrected chi connectivity index (χ0v) is 24.0. The summed E-state index contributed by atoms with van der Waals surface area (Å²) in [6.07, 6.45) is 12.1. The van der Waals surface area contributed by atoms with Gasteiger partial charge < -0.3 is 20.7 Å². The molecule has 0 aliphatic rings. The average Bonchev–Trinajstić information content (AvgIpc) is 2.81. The van der Waals surface area contributed by atoms with Crippen molar-refractivity contribution in [1.82, 2.24) is 10.6 Å². The molecule has 0 bridgehead atoms. The Morgan fingerprint density at radius 1 is 1.03 bits per heavy atom. The molecule has 1 aromatic rings. The highest BCUT2D eigenvalue weighted by atomic mass is 35.6. The fourth-order valence-corrected chi connectivity index (χ4v) is 4.12. The fourth-order valence-electron chi connectivity index (χ4n) is 3.57. The summed E-state index contributed by atoms with van der Waals surface area (Å²) < 4.78 is 3.11. The molecule has 1 atom stereocenters. The van der Waals surface area contributed by atoms with Crippen molar-refractivity contribution in [1.29, 1.82) is 0 Å². The van der Waals surface area contributed by atoms with Crippen LogP contribution in [0.3, 0.4) is 0 Å². The van der Waals surface area contributed by atoms with Crippen LogP contribution in [0.4, 0.5) is 11.4 Å². The summed E-state index contributed by atoms with van der Waals surface area (Å²) in [7, 11) is 1.41. The standard InChI is InChI=1S/C24H37Cl3N4O4S/c1-3-4-5-6-7-8-9-10-11-12-13-14-21(32)29-22(24(25,26)27)30-23(36)28-19-16-15-18(35-2)17-20(19)31(33)34/h15-17,22H,3-14H2,1-2H3,(H,29,32)(H2,28,30,36). The molecule has 0 heterocycles. The molecule has 0 aromatic heterocycles. The molecule has 0 fully saturated rings. The van der Waals surface area contributed by atoms with E-state index in [2.05, 4.69) is 22.9 Å². The number of alkyl halides is 3. The van der Waals surface area contributed by atoms with Crippen LogP contribution < -0.4 is 20.7 Å². The van der Waals surface area contributed by atoms with E-state index in [9.17, 15) is 14.9 Å². The summed E-state index contributed by atoms with van der Waals surface area (Å²) in [6.45, 7) is 2.22. The molecule has 8 nitrogen and oxygen atoms in total. The first-order chi connectivity index (χ1) is 17.1. The van der Waals surface area contributed by atoms with Gasteiger partial charge in [-0.1, -0.05) is 106 Å². The van der Waals surface area contributed by atoms with Gasteiger partial charge in [0.2, 0.25) is 9.70 Å². The fraction of sp³-hybridized carbons (Fsp3) is 0.667. The molecule has 0 spiro atoms. The number of nitro benzene ring substituents is 1. The lowest BCUT2D eigenvalue weighted by Gasteiger charge is -2.27. The van der Waals surface area contributed by atoms with Gasteiger partial charge in [-0.15, -0.1) is 0 Å². The Morgan fingerprint density at radius 3 is 2.08 bits per heavy atom. The monoisotopic (exact) mass is 582 g/mol. The quantitative estimate of drug-likeness (QED) is 0.0438. The van der Waals surface area contributed by atoms with Crippen LogP contribution in [0.25, 0.3) is 0 Å². The van der Waals surface area contributed by atoms with Crippen molar-refractivity contribution >= 4 is 69.4 Å². The number of rotatable bonds is 17. The molecule has 0 aliphatic carbocycles. The summed E-state index contributed by atoms with van der Waals surface area (Å²) in [6, 6.07) is 4.24. The molecular weight excluding hydrogens is 547 g/mol. The molecule has 3 N–H and O–H groups in total. The van der Waals surface area contributed by atoms with E-state index in [4.69, 9.17) is 51.8 Å². The van der Waals surface area contributed by atoms with Gasteiger partial charge in [-0.2, -0.15) is 0 Å². The van der Waals surface area contributed by atoms with Crippen LogP contribution >= 0.6 is 47.0 Å². The van der Waals surface area contributed by atoms with E-state index in [1.165, 1.54) is 70.6 Å². The number of nitro groups is 1. The second-order valence-corrected chi connectivity index (χ2v) is 11.3. The van der Waals surface area contributed by atoms with E-state index in [1.807, 2.05) is 0 Å². The molecule has 1 rings (SSSR count). The molecule has 0 saturated carbocycles. The van der Waals surface area contributed by atoms with Crippen LogP contribution in [0.15, 0.2) is 18.2 Å². The van der Waals surface area contributed by atoms with Gasteiger partial charge in [-0.05, 0) is 30.8 Å². The summed E-state index contributed by atoms with van der Waals surface area (Å²) in [4.78, 5) is 23.2. The van der Waals surface area contributed by atoms with Gasteiger partial charge in [0.05, 0.1) is 18.1 Å². The van der Waals surface area contributed by atoms with E-state index >= 15 is 0 Å². The minimum atomic E-state index is -1.91. The Bertz CT molecular complexity index is 840. The van der Waals surface area contributed by atoms with E-state index in [1.54, 1.807) is 6.07 Å². The Morgan fingerprint density at radius 2 is 1.58 bits per heavy atom. The van der Waals surface area contributed by atoms with E-state index in [0.717, 1.165) is 19.3 Å². The summed E-state index contributed by atoms with van der Waals surface area (Å²) >= 11 is 23.3. The van der Waals surface area contributed by atoms with Crippen molar-refractivity contribution in [3.8, 4) is 5.75 Å². The SMILES string of the molecule is CCCCCCCCCCCCCC(=O)NC(NC(=S)Nc1ccc(OC)cc1[N+](=O)[O-])C(Cl)(Cl)Cl. The summed E-state index contributed by atoms with van der Waals surface area (Å²) in [5.74, 6) is 0.0351. The number of methoxy groups -OCH3 is 1. The number of carbonyl (C=O) groups is 1. The summed E-state index contributed by atoms with van der Waals surface area (Å²) in [5.41, 5.74) is -0.127. The third-order valence-corrected chi connectivity index (χ3v) is 6.44. The van der Waals surface area contributed by atoms with Crippen molar-refractivity contribution in [2.75, 3.05) is 12.4 Å². The van der Waals surface area contributed by atoms with Crippen LogP contribution in [0, 0.1) is 10.1 Å². The van der Waals surface area contributed by atoms with Crippen LogP contribution in [-0.4, -0.2) is 33.0 Å². The third-order valence-electron chi connectivity index (χ3n) is 5.57. The predicted octanol–water partition coefficient (Wildman–Crippen LogP) is 7.40. The third kappa shape index (κ3) is 13.7. The van der Waals surface area contributed by atoms with E-state index in [0.29, 0.717) is 12.2 Å². The normalized spacial score (nSPS) is 12.0. The zero-order valence-electron chi connectivity index (χ0n) is 20.9. The van der Waals surface area contributed by atoms with Crippen LogP contribution in [0.2, 0.25) is 0 Å². The van der Waals surface area contributed by atoms with Gasteiger partial charge in [0.1, 0.15) is 17.6 Å². The van der Waals surface area contributed by atoms with Gasteiger partial charge >= 0.3 is 0 Å². The zero-order chi connectivity index (χ0) is 27.0. The predicted molar refractivity (Wildman–Crippen MR) is 152 cm³/mol. The number of benzene rings is 1. The number of carbonyl (C=O) groups excluding carboxylic acids is 1. The number of anilines is 1. The summed E-state index contributed by atoms with van der Waals surface area (Å²) in [5, 5.41) is 19.4. The smallest absolute Gasteiger partial charge is 0.296 e. The molecule has 12 heteroatoms. The van der Waals surface area contributed by atoms with Gasteiger partial charge in [-0.3, -0.25) is 14.9 Å². The number of halogens is 3. The molecule has 1 amide bonds. The second kappa shape index (κ2) is 17.8. The van der Waals surface area contributed by atoms with Crippen LogP contribution in [-0.2, 0) is 4.79 Å². The maximum absolute atomic E-state index is 12.4. The number of nitrogens with zero attached hydrogens (tertiary/aromatic N) is 1. The number of nitrogens with one attached hydrogen (secondary N) is 3. The largest absolute Gasteiger partial charge is 0.496 e. The Labute approximate surface area is 234 Å². The molecule has 204 valence electrons. The van der Waals surface area contributed by atoms with Gasteiger partial charge in [-0.25, -0.2) is 0 Å². The molecule has 36 heavy (non-hydrogen) atoms. The lowest BCUT2D eigenvalue weighted by Crippen LogP contribution is -2.56. The van der Waals surface area contributed by atoms with Crippen molar-refractivity contribution in [2.24, 2.45) is 0 Å². The number of hydrogen-bond acceptors (Lipinski definition) is 5. The molecule has 0 radical (unpaired) electrons. The van der Waals surface area contributed by atoms with Crippen molar-refractivity contribution in [3.05, 3.63) is 28.3 Å². The number of hydrogen-bond donors (Lipinski definition) is 3. The first kappa shape index (κ1) is 32.5. The minimum absolute atomic E-state index is 0.0606. The Balaban J connectivity index is 2.44. The highest BCUT2D eigenvalue weighted by Crippen LogP contribution is 2.31. The van der Waals surface area contributed by atoms with Crippen LogP contribution in [0.5, 0.6) is 5.75 Å². The minimum Gasteiger partial charge on any atom is -0.496 e. The molecule has 1 aromatic carbocycles. The number of unbranched alkanes of at least 4 members (excludes halogenated alkanes) is 10. The highest BCUT2D eigenvalue weighted by Gasteiger charge is 2.34. The molecule has 0 saturated heterocycles. The topological polar surface area (TPSA) is 106 Å². The highest BCUT2D eigenvalue weighted by molar-refractivity contribution is 7.80. The molecular formula is C24H37Cl3N4O4S. The van der Waals surface area contributed by atoms with Crippen molar-refractivity contribution in [3.63, 3.8) is 0 Å². The van der Waals surface area contributed by atoms with E-state index < -0.39 is 14.9 Å². The van der Waals surface area contributed by atoms with Gasteiger partial charge in [0, 0.05) is 6.42 Å². The maximum Gasteiger partial charge on any atom is 0.296 e. The average molecular weight is 584 g/mol. The van der Waals surface area contributed by atoms with E-state index in [-0.39, 0.29) is 22.4 Å². The second-order valence-electron chi connectivity index (χ2n) is 8.57. The number of amides is 1. The van der Waals surface area contributed by atoms with Crippen molar-refractivity contribution in [2.45, 2.75) is 93.9 Å². The lowest BCUT2D eigenvalue weighted by molar-refractivity contribution is -0.384. The lowest BCUT2D eigenvalue weighted by atomic mass is 10.1. The number of ether oxygens (including phenoxy) is 1. The molecule has 0 aliphatic heterocycles. The number of thiocarbonyl (C=S) groups is 1. The Kier molecular flexibility index (Phi) is 16.1. The van der Waals surface area contributed by atoms with Crippen molar-refractivity contribution < 1.29 is 14.5 Å². The maximum atomic E-state index is 12.4.